The van der Waals surface area contributed by atoms with Crippen molar-refractivity contribution in [3.63, 3.8) is 0 Å². The number of hydrogen-bond donors (Lipinski definition) is 1. The average Bonchev–Trinajstić information content (AvgIpc) is 3.19. The molecule has 1 saturated heterocycles. The van der Waals surface area contributed by atoms with Gasteiger partial charge in [-0.3, -0.25) is 4.99 Å². The molecule has 0 aromatic carbocycles. The Balaban J connectivity index is 0.00000420. The minimum atomic E-state index is -3.38. The minimum Gasteiger partial charge on any atom is -0.364 e. The zero-order valence-electron chi connectivity index (χ0n) is 17.8. The van der Waals surface area contributed by atoms with E-state index in [1.54, 1.807) is 13.1 Å². The van der Waals surface area contributed by atoms with E-state index < -0.39 is 10.0 Å². The standard InChI is InChI=1S/C19H35N5O3S.HI/c1-4-6-8-17(7-5-2)15-21-19(20-3)23-10-12-24(13-11-23)28(25,26)16-18-9-14-27-22-18;/h9,14,17H,4-8,10-13,15-16H2,1-3H3,(H,20,21);1H. The molecular formula is C19H36IN5O3S. The number of nitrogens with zero attached hydrogens (tertiary/aromatic N) is 4. The van der Waals surface area contributed by atoms with Crippen molar-refractivity contribution in [1.82, 2.24) is 19.7 Å². The largest absolute Gasteiger partial charge is 0.364 e. The summed E-state index contributed by atoms with van der Waals surface area (Å²) >= 11 is 0. The van der Waals surface area contributed by atoms with Crippen LogP contribution in [0.25, 0.3) is 0 Å². The first-order valence-electron chi connectivity index (χ1n) is 10.3. The number of aromatic nitrogens is 1. The van der Waals surface area contributed by atoms with Crippen LogP contribution in [-0.4, -0.2) is 68.5 Å². The van der Waals surface area contributed by atoms with E-state index in [-0.39, 0.29) is 29.7 Å². The molecule has 1 aliphatic heterocycles. The van der Waals surface area contributed by atoms with Gasteiger partial charge in [-0.2, -0.15) is 4.31 Å². The van der Waals surface area contributed by atoms with E-state index in [0.717, 1.165) is 12.5 Å². The molecule has 29 heavy (non-hydrogen) atoms. The predicted molar refractivity (Wildman–Crippen MR) is 127 cm³/mol. The Hall–Kier alpha value is -0.880. The zero-order chi connectivity index (χ0) is 20.4. The van der Waals surface area contributed by atoms with E-state index >= 15 is 0 Å². The molecule has 1 aliphatic rings. The maximum Gasteiger partial charge on any atom is 0.220 e. The van der Waals surface area contributed by atoms with Gasteiger partial charge in [0.05, 0.1) is 5.69 Å². The predicted octanol–water partition coefficient (Wildman–Crippen LogP) is 2.92. The highest BCUT2D eigenvalue weighted by molar-refractivity contribution is 14.0. The first-order valence-corrected chi connectivity index (χ1v) is 11.9. The highest BCUT2D eigenvalue weighted by Gasteiger charge is 2.29. The third-order valence-electron chi connectivity index (χ3n) is 5.18. The van der Waals surface area contributed by atoms with Crippen molar-refractivity contribution in [3.8, 4) is 0 Å². The summed E-state index contributed by atoms with van der Waals surface area (Å²) in [5.41, 5.74) is 0.439. The highest BCUT2D eigenvalue weighted by Crippen LogP contribution is 2.15. The Labute approximate surface area is 192 Å². The monoisotopic (exact) mass is 541 g/mol. The summed E-state index contributed by atoms with van der Waals surface area (Å²) in [6.07, 6.45) is 7.52. The maximum atomic E-state index is 12.6. The molecule has 1 aromatic heterocycles. The van der Waals surface area contributed by atoms with Gasteiger partial charge in [0, 0.05) is 45.8 Å². The summed E-state index contributed by atoms with van der Waals surface area (Å²) < 4.78 is 31.4. The molecule has 0 amide bonds. The van der Waals surface area contributed by atoms with Crippen molar-refractivity contribution >= 4 is 40.0 Å². The van der Waals surface area contributed by atoms with Crippen molar-refractivity contribution in [2.24, 2.45) is 10.9 Å². The summed E-state index contributed by atoms with van der Waals surface area (Å²) in [5.74, 6) is 1.41. The van der Waals surface area contributed by atoms with Gasteiger partial charge in [0.2, 0.25) is 10.0 Å². The average molecular weight is 542 g/mol. The summed E-state index contributed by atoms with van der Waals surface area (Å²) in [6.45, 7) is 7.55. The van der Waals surface area contributed by atoms with Gasteiger partial charge in [-0.05, 0) is 18.8 Å². The van der Waals surface area contributed by atoms with Gasteiger partial charge in [-0.1, -0.05) is 38.3 Å². The lowest BCUT2D eigenvalue weighted by molar-refractivity contribution is 0.258. The van der Waals surface area contributed by atoms with Crippen LogP contribution < -0.4 is 5.32 Å². The fraction of sp³-hybridized carbons (Fsp3) is 0.789. The number of halogens is 1. The van der Waals surface area contributed by atoms with Crippen molar-refractivity contribution in [2.45, 2.75) is 51.7 Å². The van der Waals surface area contributed by atoms with Crippen LogP contribution in [0.4, 0.5) is 0 Å². The maximum absolute atomic E-state index is 12.6. The van der Waals surface area contributed by atoms with Crippen molar-refractivity contribution in [1.29, 1.82) is 0 Å². The Bertz CT molecular complexity index is 689. The van der Waals surface area contributed by atoms with Crippen LogP contribution in [0, 0.1) is 5.92 Å². The van der Waals surface area contributed by atoms with Crippen LogP contribution in [0.3, 0.4) is 0 Å². The Morgan fingerprint density at radius 3 is 2.52 bits per heavy atom. The fourth-order valence-corrected chi connectivity index (χ4v) is 5.01. The Kier molecular flexibility index (Phi) is 12.1. The number of guanidine groups is 1. The molecule has 0 saturated carbocycles. The second kappa shape index (κ2) is 13.4. The number of hydrogen-bond acceptors (Lipinski definition) is 5. The van der Waals surface area contributed by atoms with E-state index in [4.69, 9.17) is 4.52 Å². The minimum absolute atomic E-state index is 0. The lowest BCUT2D eigenvalue weighted by atomic mass is 9.97. The normalized spacial score (nSPS) is 17.1. The SMILES string of the molecule is CCCCC(CCC)CNC(=NC)N1CCN(S(=O)(=O)Cc2ccon2)CC1.I. The van der Waals surface area contributed by atoms with Crippen LogP contribution >= 0.6 is 24.0 Å². The molecule has 0 spiro atoms. The molecule has 1 aromatic rings. The van der Waals surface area contributed by atoms with E-state index in [1.807, 2.05) is 0 Å². The molecule has 8 nitrogen and oxygen atoms in total. The summed E-state index contributed by atoms with van der Waals surface area (Å²) in [5, 5.41) is 7.22. The van der Waals surface area contributed by atoms with Crippen molar-refractivity contribution < 1.29 is 12.9 Å². The van der Waals surface area contributed by atoms with Crippen molar-refractivity contribution in [3.05, 3.63) is 18.0 Å². The number of rotatable bonds is 10. The molecule has 0 radical (unpaired) electrons. The molecule has 0 aliphatic carbocycles. The molecule has 10 heteroatoms. The Morgan fingerprint density at radius 2 is 1.97 bits per heavy atom. The molecule has 1 N–H and O–H groups in total. The number of piperazine rings is 1. The van der Waals surface area contributed by atoms with Gasteiger partial charge in [0.15, 0.2) is 5.96 Å². The van der Waals surface area contributed by atoms with Gasteiger partial charge in [-0.15, -0.1) is 24.0 Å². The smallest absolute Gasteiger partial charge is 0.220 e. The molecule has 2 rings (SSSR count). The number of aliphatic imine (C=N–C) groups is 1. The van der Waals surface area contributed by atoms with Crippen LogP contribution in [0.15, 0.2) is 21.8 Å². The van der Waals surface area contributed by atoms with Gasteiger partial charge in [0.25, 0.3) is 0 Å². The third-order valence-corrected chi connectivity index (χ3v) is 6.99. The Morgan fingerprint density at radius 1 is 1.24 bits per heavy atom. The van der Waals surface area contributed by atoms with Crippen LogP contribution in [0.5, 0.6) is 0 Å². The molecule has 1 atom stereocenters. The lowest BCUT2D eigenvalue weighted by Crippen LogP contribution is -2.54. The fourth-order valence-electron chi connectivity index (χ4n) is 3.59. The topological polar surface area (TPSA) is 91.0 Å². The van der Waals surface area contributed by atoms with E-state index in [2.05, 4.69) is 34.2 Å². The van der Waals surface area contributed by atoms with Crippen LogP contribution in [-0.2, 0) is 15.8 Å². The molecule has 1 fully saturated rings. The van der Waals surface area contributed by atoms with Gasteiger partial charge >= 0.3 is 0 Å². The summed E-state index contributed by atoms with van der Waals surface area (Å²) in [4.78, 5) is 6.56. The number of sulfonamides is 1. The molecule has 2 heterocycles. The highest BCUT2D eigenvalue weighted by atomic mass is 127. The first kappa shape index (κ1) is 26.2. The van der Waals surface area contributed by atoms with Gasteiger partial charge in [0.1, 0.15) is 12.0 Å². The van der Waals surface area contributed by atoms with Crippen molar-refractivity contribution in [2.75, 3.05) is 39.8 Å². The van der Waals surface area contributed by atoms with Gasteiger partial charge < -0.3 is 14.7 Å². The third kappa shape index (κ3) is 8.41. The number of unbranched alkanes of at least 4 members (excludes halogenated alkanes) is 1. The summed E-state index contributed by atoms with van der Waals surface area (Å²) in [7, 11) is -1.59. The molecular weight excluding hydrogens is 505 g/mol. The summed E-state index contributed by atoms with van der Waals surface area (Å²) in [6, 6.07) is 1.59. The molecule has 0 bridgehead atoms. The van der Waals surface area contributed by atoms with Crippen LogP contribution in [0.1, 0.15) is 51.6 Å². The molecule has 1 unspecified atom stereocenters. The number of nitrogens with one attached hydrogen (secondary N) is 1. The second-order valence-corrected chi connectivity index (χ2v) is 9.33. The quantitative estimate of drug-likeness (QED) is 0.278. The van der Waals surface area contributed by atoms with Gasteiger partial charge in [-0.25, -0.2) is 8.42 Å². The van der Waals surface area contributed by atoms with E-state index in [0.29, 0.717) is 37.8 Å². The lowest BCUT2D eigenvalue weighted by Gasteiger charge is -2.36. The van der Waals surface area contributed by atoms with Crippen LogP contribution in [0.2, 0.25) is 0 Å². The first-order chi connectivity index (χ1) is 13.5. The molecule has 168 valence electrons. The van der Waals surface area contributed by atoms with E-state index in [9.17, 15) is 8.42 Å². The van der Waals surface area contributed by atoms with E-state index in [1.165, 1.54) is 42.7 Å². The second-order valence-electron chi connectivity index (χ2n) is 7.36. The zero-order valence-corrected chi connectivity index (χ0v) is 21.0.